The number of unbranched alkanes of at least 4 members (excludes halogenated alkanes) is 17. The van der Waals surface area contributed by atoms with E-state index in [0.29, 0.717) is 12.8 Å². The largest absolute Gasteiger partial charge is 0.544 e. The standard InChI is InChI=1S/C38H71NO7/c1-6-8-10-12-14-16-18-20-22-24-26-28-36(40)45-33-34(32-44-31-30-35(38(42)43)39(3,4)5)46-37(41)29-27-25-23-21-19-17-15-13-11-9-7-2/h12,14,34-35H,6-11,13,15-33H2,1-5H3/b14-12+. The molecule has 0 N–H and O–H groups in total. The normalized spacial score (nSPS) is 13.2. The van der Waals surface area contributed by atoms with Crippen molar-refractivity contribution in [2.24, 2.45) is 0 Å². The topological polar surface area (TPSA) is 102 Å². The van der Waals surface area contributed by atoms with Crippen LogP contribution in [0.25, 0.3) is 0 Å². The van der Waals surface area contributed by atoms with Gasteiger partial charge in [0.2, 0.25) is 0 Å². The second kappa shape index (κ2) is 30.4. The quantitative estimate of drug-likeness (QED) is 0.0308. The molecule has 0 radical (unpaired) electrons. The maximum Gasteiger partial charge on any atom is 0.306 e. The summed E-state index contributed by atoms with van der Waals surface area (Å²) in [7, 11) is 5.39. The van der Waals surface area contributed by atoms with Crippen LogP contribution < -0.4 is 5.11 Å². The van der Waals surface area contributed by atoms with E-state index in [1.807, 2.05) is 0 Å². The molecule has 0 amide bonds. The third-order valence-electron chi connectivity index (χ3n) is 8.40. The van der Waals surface area contributed by atoms with Crippen molar-refractivity contribution in [3.05, 3.63) is 12.2 Å². The number of ether oxygens (including phenoxy) is 3. The second-order valence-electron chi connectivity index (χ2n) is 13.8. The van der Waals surface area contributed by atoms with E-state index in [2.05, 4.69) is 26.0 Å². The SMILES string of the molecule is CCCC/C=C/CCCCCCCC(=O)OCC(COCCC(C(=O)[O-])[N+](C)(C)C)OC(=O)CCCCCCCCCCCCC. The average Bonchev–Trinajstić information content (AvgIpc) is 3.00. The van der Waals surface area contributed by atoms with Crippen molar-refractivity contribution in [1.29, 1.82) is 0 Å². The number of nitrogens with zero attached hydrogens (tertiary/aromatic N) is 1. The summed E-state index contributed by atoms with van der Waals surface area (Å²) in [5.41, 5.74) is 0. The first kappa shape index (κ1) is 44.1. The molecule has 0 rings (SSSR count). The molecule has 0 aromatic heterocycles. The molecule has 46 heavy (non-hydrogen) atoms. The Morgan fingerprint density at radius 2 is 1.11 bits per heavy atom. The number of hydrogen-bond donors (Lipinski definition) is 0. The Kier molecular flexibility index (Phi) is 29.1. The van der Waals surface area contributed by atoms with Gasteiger partial charge in [-0.2, -0.15) is 0 Å². The smallest absolute Gasteiger partial charge is 0.306 e. The van der Waals surface area contributed by atoms with E-state index < -0.39 is 18.1 Å². The predicted molar refractivity (Wildman–Crippen MR) is 185 cm³/mol. The Morgan fingerprint density at radius 1 is 0.630 bits per heavy atom. The van der Waals surface area contributed by atoms with E-state index >= 15 is 0 Å². The van der Waals surface area contributed by atoms with E-state index in [1.165, 1.54) is 77.0 Å². The lowest BCUT2D eigenvalue weighted by molar-refractivity contribution is -0.889. The van der Waals surface area contributed by atoms with Gasteiger partial charge in [0, 0.05) is 19.3 Å². The van der Waals surface area contributed by atoms with Gasteiger partial charge in [-0.3, -0.25) is 9.59 Å². The summed E-state index contributed by atoms with van der Waals surface area (Å²) in [5, 5.41) is 11.6. The van der Waals surface area contributed by atoms with E-state index in [-0.39, 0.29) is 42.7 Å². The zero-order valence-electron chi connectivity index (χ0n) is 30.5. The van der Waals surface area contributed by atoms with Gasteiger partial charge in [0.15, 0.2) is 6.10 Å². The van der Waals surface area contributed by atoms with Crippen LogP contribution in [0.5, 0.6) is 0 Å². The molecule has 8 nitrogen and oxygen atoms in total. The van der Waals surface area contributed by atoms with Crippen LogP contribution >= 0.6 is 0 Å². The summed E-state index contributed by atoms with van der Waals surface area (Å²) in [6.07, 6.45) is 28.0. The lowest BCUT2D eigenvalue weighted by atomic mass is 10.1. The van der Waals surface area contributed by atoms with Gasteiger partial charge in [0.1, 0.15) is 12.6 Å². The van der Waals surface area contributed by atoms with Gasteiger partial charge in [0.05, 0.1) is 40.3 Å². The number of carbonyl (C=O) groups is 3. The highest BCUT2D eigenvalue weighted by atomic mass is 16.6. The minimum Gasteiger partial charge on any atom is -0.544 e. The lowest BCUT2D eigenvalue weighted by Crippen LogP contribution is -2.55. The molecular formula is C38H71NO7. The van der Waals surface area contributed by atoms with Crippen molar-refractivity contribution in [3.8, 4) is 0 Å². The Labute approximate surface area is 282 Å². The van der Waals surface area contributed by atoms with E-state index in [0.717, 1.165) is 51.4 Å². The van der Waals surface area contributed by atoms with Crippen molar-refractivity contribution in [2.45, 2.75) is 174 Å². The summed E-state index contributed by atoms with van der Waals surface area (Å²) in [4.78, 5) is 36.5. The van der Waals surface area contributed by atoms with Crippen LogP contribution in [0.15, 0.2) is 12.2 Å². The molecule has 0 aromatic carbocycles. The third-order valence-corrected chi connectivity index (χ3v) is 8.40. The number of quaternary nitrogens is 1. The van der Waals surface area contributed by atoms with Crippen molar-refractivity contribution in [3.63, 3.8) is 0 Å². The molecule has 0 aliphatic carbocycles. The summed E-state index contributed by atoms with van der Waals surface area (Å²) in [6.45, 7) is 4.60. The zero-order valence-corrected chi connectivity index (χ0v) is 30.5. The van der Waals surface area contributed by atoms with Crippen LogP contribution in [-0.2, 0) is 28.6 Å². The minimum absolute atomic E-state index is 0.0427. The average molecular weight is 654 g/mol. The number of carboxylic acids is 1. The highest BCUT2D eigenvalue weighted by molar-refractivity contribution is 5.70. The van der Waals surface area contributed by atoms with Crippen molar-refractivity contribution >= 4 is 17.9 Å². The fraction of sp³-hybridized carbons (Fsp3) is 0.868. The van der Waals surface area contributed by atoms with E-state index in [4.69, 9.17) is 14.2 Å². The summed E-state index contributed by atoms with van der Waals surface area (Å²) >= 11 is 0. The fourth-order valence-electron chi connectivity index (χ4n) is 5.40. The molecule has 0 heterocycles. The first-order valence-corrected chi connectivity index (χ1v) is 18.7. The number of rotatable bonds is 33. The van der Waals surface area contributed by atoms with Crippen LogP contribution in [0.3, 0.4) is 0 Å². The number of aliphatic carboxylic acids is 1. The number of carbonyl (C=O) groups excluding carboxylic acids is 3. The van der Waals surface area contributed by atoms with Crippen LogP contribution in [0.4, 0.5) is 0 Å². The maximum atomic E-state index is 12.6. The van der Waals surface area contributed by atoms with E-state index in [9.17, 15) is 19.5 Å². The van der Waals surface area contributed by atoms with Gasteiger partial charge in [-0.25, -0.2) is 0 Å². The fourth-order valence-corrected chi connectivity index (χ4v) is 5.40. The Bertz CT molecular complexity index is 778. The molecule has 8 heteroatoms. The Balaban J connectivity index is 4.44. The van der Waals surface area contributed by atoms with Gasteiger partial charge in [-0.05, 0) is 32.1 Å². The summed E-state index contributed by atoms with van der Waals surface area (Å²) in [5.74, 6) is -1.74. The molecule has 270 valence electrons. The number of carboxylic acid groups (broad SMARTS) is 1. The molecule has 0 aliphatic heterocycles. The van der Waals surface area contributed by atoms with Crippen molar-refractivity contribution < 1.29 is 38.2 Å². The second-order valence-corrected chi connectivity index (χ2v) is 13.8. The molecular weight excluding hydrogens is 582 g/mol. The first-order chi connectivity index (χ1) is 22.1. The third kappa shape index (κ3) is 28.3. The molecule has 0 aromatic rings. The molecule has 0 spiro atoms. The summed E-state index contributed by atoms with van der Waals surface area (Å²) in [6, 6.07) is -0.720. The lowest BCUT2D eigenvalue weighted by Gasteiger charge is -2.34. The molecule has 0 bridgehead atoms. The van der Waals surface area contributed by atoms with Crippen LogP contribution in [-0.4, -0.2) is 75.5 Å². The molecule has 2 unspecified atom stereocenters. The van der Waals surface area contributed by atoms with Gasteiger partial charge >= 0.3 is 11.9 Å². The van der Waals surface area contributed by atoms with Gasteiger partial charge in [-0.1, -0.05) is 122 Å². The molecule has 0 fully saturated rings. The van der Waals surface area contributed by atoms with E-state index in [1.54, 1.807) is 21.1 Å². The zero-order chi connectivity index (χ0) is 34.3. The highest BCUT2D eigenvalue weighted by Gasteiger charge is 2.25. The Hall–Kier alpha value is -1.93. The van der Waals surface area contributed by atoms with Crippen LogP contribution in [0.2, 0.25) is 0 Å². The number of likely N-dealkylation sites (N-methyl/N-ethyl adjacent to an activating group) is 1. The monoisotopic (exact) mass is 654 g/mol. The van der Waals surface area contributed by atoms with Crippen molar-refractivity contribution in [2.75, 3.05) is 41.0 Å². The Morgan fingerprint density at radius 3 is 1.63 bits per heavy atom. The number of allylic oxidation sites excluding steroid dienone is 2. The summed E-state index contributed by atoms with van der Waals surface area (Å²) < 4.78 is 17.0. The van der Waals surface area contributed by atoms with Gasteiger partial charge < -0.3 is 28.6 Å². The number of hydrogen-bond acceptors (Lipinski definition) is 7. The molecule has 2 atom stereocenters. The predicted octanol–water partition coefficient (Wildman–Crippen LogP) is 7.85. The first-order valence-electron chi connectivity index (χ1n) is 18.7. The van der Waals surface area contributed by atoms with Crippen LogP contribution in [0, 0.1) is 0 Å². The van der Waals surface area contributed by atoms with Gasteiger partial charge in [-0.15, -0.1) is 0 Å². The van der Waals surface area contributed by atoms with Gasteiger partial charge in [0.25, 0.3) is 0 Å². The molecule has 0 aliphatic rings. The minimum atomic E-state index is -1.13. The molecule has 0 saturated heterocycles. The maximum absolute atomic E-state index is 12.6. The highest BCUT2D eigenvalue weighted by Crippen LogP contribution is 2.14. The van der Waals surface area contributed by atoms with Crippen molar-refractivity contribution in [1.82, 2.24) is 0 Å². The molecule has 0 saturated carbocycles. The number of esters is 2. The van der Waals surface area contributed by atoms with Crippen LogP contribution in [0.1, 0.15) is 162 Å².